The van der Waals surface area contributed by atoms with E-state index in [1.807, 2.05) is 48.5 Å². The molecule has 3 rings (SSSR count). The average Bonchev–Trinajstić information content (AvgIpc) is 3.26. The van der Waals surface area contributed by atoms with Crippen molar-refractivity contribution in [2.24, 2.45) is 0 Å². The average molecular weight is 239 g/mol. The van der Waals surface area contributed by atoms with Gasteiger partial charge in [-0.25, -0.2) is 0 Å². The van der Waals surface area contributed by atoms with E-state index in [0.717, 1.165) is 18.7 Å². The van der Waals surface area contributed by atoms with Gasteiger partial charge in [0, 0.05) is 13.1 Å². The lowest BCUT2D eigenvalue weighted by atomic mass is 9.96. The minimum atomic E-state index is -0.462. The molecule has 2 atom stereocenters. The lowest BCUT2D eigenvalue weighted by molar-refractivity contribution is 0.100. The molecule has 1 aliphatic heterocycles. The van der Waals surface area contributed by atoms with Crippen LogP contribution in [-0.2, 0) is 0 Å². The van der Waals surface area contributed by atoms with Gasteiger partial charge in [0.05, 0.1) is 12.1 Å². The number of benzene rings is 2. The SMILES string of the molecule is OC(c1ccccc1)C(c1ccccc1)N1CC1. The molecule has 2 aromatic rings. The maximum absolute atomic E-state index is 10.6. The van der Waals surface area contributed by atoms with E-state index in [4.69, 9.17) is 0 Å². The van der Waals surface area contributed by atoms with Gasteiger partial charge in [0.15, 0.2) is 0 Å². The van der Waals surface area contributed by atoms with Crippen molar-refractivity contribution in [1.29, 1.82) is 0 Å². The summed E-state index contributed by atoms with van der Waals surface area (Å²) in [6.07, 6.45) is -0.462. The van der Waals surface area contributed by atoms with Crippen LogP contribution < -0.4 is 0 Å². The topological polar surface area (TPSA) is 23.2 Å². The summed E-state index contributed by atoms with van der Waals surface area (Å²) < 4.78 is 0. The second-order valence-electron chi connectivity index (χ2n) is 4.75. The Balaban J connectivity index is 1.91. The highest BCUT2D eigenvalue weighted by Crippen LogP contribution is 2.37. The first kappa shape index (κ1) is 11.5. The highest BCUT2D eigenvalue weighted by molar-refractivity contribution is 5.27. The van der Waals surface area contributed by atoms with Crippen molar-refractivity contribution in [3.63, 3.8) is 0 Å². The van der Waals surface area contributed by atoms with Gasteiger partial charge in [-0.15, -0.1) is 0 Å². The molecule has 1 N–H and O–H groups in total. The van der Waals surface area contributed by atoms with Crippen LogP contribution in [0.3, 0.4) is 0 Å². The largest absolute Gasteiger partial charge is 0.386 e. The standard InChI is InChI=1S/C16H17NO/c18-16(14-9-5-2-6-10-14)15(17-11-12-17)13-7-3-1-4-8-13/h1-10,15-16,18H,11-12H2. The zero-order valence-corrected chi connectivity index (χ0v) is 10.2. The number of hydrogen-bond donors (Lipinski definition) is 1. The summed E-state index contributed by atoms with van der Waals surface area (Å²) in [5, 5.41) is 10.6. The molecule has 2 unspecified atom stereocenters. The van der Waals surface area contributed by atoms with E-state index in [9.17, 15) is 5.11 Å². The second kappa shape index (κ2) is 4.92. The second-order valence-corrected chi connectivity index (χ2v) is 4.75. The molecule has 2 heteroatoms. The van der Waals surface area contributed by atoms with Gasteiger partial charge in [-0.05, 0) is 11.1 Å². The third kappa shape index (κ3) is 2.30. The van der Waals surface area contributed by atoms with Gasteiger partial charge in [-0.2, -0.15) is 0 Å². The Morgan fingerprint density at radius 3 is 1.78 bits per heavy atom. The van der Waals surface area contributed by atoms with Gasteiger partial charge in [-0.1, -0.05) is 60.7 Å². The van der Waals surface area contributed by atoms with Crippen LogP contribution in [0.5, 0.6) is 0 Å². The first-order chi connectivity index (χ1) is 8.86. The summed E-state index contributed by atoms with van der Waals surface area (Å²) in [6, 6.07) is 20.2. The molecule has 0 bridgehead atoms. The molecule has 1 aliphatic rings. The summed E-state index contributed by atoms with van der Waals surface area (Å²) in [5.74, 6) is 0. The minimum absolute atomic E-state index is 0.0774. The highest BCUT2D eigenvalue weighted by Gasteiger charge is 2.34. The molecule has 0 saturated carbocycles. The Kier molecular flexibility index (Phi) is 3.13. The summed E-state index contributed by atoms with van der Waals surface area (Å²) in [7, 11) is 0. The van der Waals surface area contributed by atoms with Crippen LogP contribution in [0.1, 0.15) is 23.3 Å². The van der Waals surface area contributed by atoms with Crippen LogP contribution in [0.25, 0.3) is 0 Å². The molecule has 2 nitrogen and oxygen atoms in total. The van der Waals surface area contributed by atoms with Crippen molar-refractivity contribution in [3.8, 4) is 0 Å². The van der Waals surface area contributed by atoms with Crippen LogP contribution in [0.4, 0.5) is 0 Å². The van der Waals surface area contributed by atoms with Gasteiger partial charge in [-0.3, -0.25) is 4.90 Å². The third-order valence-corrected chi connectivity index (χ3v) is 3.46. The fraction of sp³-hybridized carbons (Fsp3) is 0.250. The maximum atomic E-state index is 10.6. The quantitative estimate of drug-likeness (QED) is 0.829. The van der Waals surface area contributed by atoms with E-state index in [1.165, 1.54) is 5.56 Å². The van der Waals surface area contributed by atoms with Crippen molar-refractivity contribution >= 4 is 0 Å². The third-order valence-electron chi connectivity index (χ3n) is 3.46. The minimum Gasteiger partial charge on any atom is -0.386 e. The fourth-order valence-corrected chi connectivity index (χ4v) is 2.41. The molecule has 0 amide bonds. The Labute approximate surface area is 107 Å². The Hall–Kier alpha value is -1.64. The number of aliphatic hydroxyl groups is 1. The first-order valence-electron chi connectivity index (χ1n) is 6.38. The van der Waals surface area contributed by atoms with E-state index in [1.54, 1.807) is 0 Å². The molecule has 1 fully saturated rings. The van der Waals surface area contributed by atoms with Crippen LogP contribution in [-0.4, -0.2) is 23.1 Å². The molecular formula is C16H17NO. The van der Waals surface area contributed by atoms with Gasteiger partial charge in [0.1, 0.15) is 0 Å². The smallest absolute Gasteiger partial charge is 0.0986 e. The fourth-order valence-electron chi connectivity index (χ4n) is 2.41. The summed E-state index contributed by atoms with van der Waals surface area (Å²) in [4.78, 5) is 2.30. The molecule has 18 heavy (non-hydrogen) atoms. The van der Waals surface area contributed by atoms with Crippen LogP contribution in [0, 0.1) is 0 Å². The normalized spacial score (nSPS) is 18.3. The van der Waals surface area contributed by atoms with Gasteiger partial charge in [0.25, 0.3) is 0 Å². The predicted octanol–water partition coefficient (Wildman–Crippen LogP) is 2.78. The molecular weight excluding hydrogens is 222 g/mol. The Morgan fingerprint density at radius 2 is 1.28 bits per heavy atom. The lowest BCUT2D eigenvalue weighted by Crippen LogP contribution is -2.18. The van der Waals surface area contributed by atoms with Crippen LogP contribution in [0.15, 0.2) is 60.7 Å². The molecule has 0 spiro atoms. The van der Waals surface area contributed by atoms with Gasteiger partial charge >= 0.3 is 0 Å². The molecule has 0 radical (unpaired) electrons. The molecule has 0 aromatic heterocycles. The molecule has 92 valence electrons. The maximum Gasteiger partial charge on any atom is 0.0986 e. The summed E-state index contributed by atoms with van der Waals surface area (Å²) in [6.45, 7) is 2.15. The summed E-state index contributed by atoms with van der Waals surface area (Å²) in [5.41, 5.74) is 2.17. The monoisotopic (exact) mass is 239 g/mol. The molecule has 2 aromatic carbocycles. The number of nitrogens with zero attached hydrogens (tertiary/aromatic N) is 1. The van der Waals surface area contributed by atoms with Crippen molar-refractivity contribution < 1.29 is 5.11 Å². The summed E-state index contributed by atoms with van der Waals surface area (Å²) >= 11 is 0. The lowest BCUT2D eigenvalue weighted by Gasteiger charge is -2.25. The van der Waals surface area contributed by atoms with E-state index in [2.05, 4.69) is 17.0 Å². The van der Waals surface area contributed by atoms with Gasteiger partial charge < -0.3 is 5.11 Å². The van der Waals surface area contributed by atoms with Crippen molar-refractivity contribution in [2.45, 2.75) is 12.1 Å². The van der Waals surface area contributed by atoms with Crippen molar-refractivity contribution in [3.05, 3.63) is 71.8 Å². The number of aliphatic hydroxyl groups excluding tert-OH is 1. The molecule has 0 aliphatic carbocycles. The zero-order chi connectivity index (χ0) is 12.4. The van der Waals surface area contributed by atoms with E-state index >= 15 is 0 Å². The van der Waals surface area contributed by atoms with E-state index in [-0.39, 0.29) is 6.04 Å². The number of hydrogen-bond acceptors (Lipinski definition) is 2. The van der Waals surface area contributed by atoms with Gasteiger partial charge in [0.2, 0.25) is 0 Å². The highest BCUT2D eigenvalue weighted by atomic mass is 16.3. The van der Waals surface area contributed by atoms with E-state index < -0.39 is 6.10 Å². The van der Waals surface area contributed by atoms with Crippen molar-refractivity contribution in [1.82, 2.24) is 4.90 Å². The molecule has 1 heterocycles. The molecule has 1 saturated heterocycles. The number of rotatable bonds is 4. The van der Waals surface area contributed by atoms with E-state index in [0.29, 0.717) is 0 Å². The van der Waals surface area contributed by atoms with Crippen LogP contribution >= 0.6 is 0 Å². The Morgan fingerprint density at radius 1 is 0.778 bits per heavy atom. The zero-order valence-electron chi connectivity index (χ0n) is 10.2. The Bertz CT molecular complexity index is 493. The van der Waals surface area contributed by atoms with Crippen molar-refractivity contribution in [2.75, 3.05) is 13.1 Å². The van der Waals surface area contributed by atoms with Crippen LogP contribution in [0.2, 0.25) is 0 Å². The predicted molar refractivity (Wildman–Crippen MR) is 72.2 cm³/mol. The first-order valence-corrected chi connectivity index (χ1v) is 6.38.